The molecule has 0 aliphatic carbocycles. The van der Waals surface area contributed by atoms with Crippen molar-refractivity contribution in [1.82, 2.24) is 0 Å². The minimum absolute atomic E-state index is 0.579. The molecule has 0 aliphatic heterocycles. The highest BCUT2D eigenvalue weighted by Gasteiger charge is 2.21. The van der Waals surface area contributed by atoms with Gasteiger partial charge in [0.2, 0.25) is 0 Å². The number of ether oxygens (including phenoxy) is 2. The van der Waals surface area contributed by atoms with E-state index in [4.69, 9.17) is 9.47 Å². The fraction of sp³-hybridized carbons (Fsp3) is 0.231. The van der Waals surface area contributed by atoms with Crippen LogP contribution in [0, 0.1) is 0 Å². The van der Waals surface area contributed by atoms with Crippen molar-refractivity contribution in [2.75, 3.05) is 14.2 Å². The molecule has 1 heterocycles. The molecule has 1 aromatic heterocycles. The summed E-state index contributed by atoms with van der Waals surface area (Å²) in [6.45, 7) is 0. The molecule has 7 heteroatoms. The molecule has 3 nitrogen and oxygen atoms in total. The molecular formula is C13H11Br3O3S. The average Bonchev–Trinajstić information content (AvgIpc) is 2.76. The van der Waals surface area contributed by atoms with Gasteiger partial charge in [-0.15, -0.1) is 11.3 Å². The van der Waals surface area contributed by atoms with Crippen LogP contribution in [-0.2, 0) is 0 Å². The number of aliphatic hydroxyl groups is 1. The Morgan fingerprint density at radius 2 is 1.60 bits per heavy atom. The van der Waals surface area contributed by atoms with Crippen molar-refractivity contribution in [2.24, 2.45) is 0 Å². The number of halogens is 3. The summed E-state index contributed by atoms with van der Waals surface area (Å²) in [5, 5.41) is 10.6. The fourth-order valence-electron chi connectivity index (χ4n) is 1.79. The van der Waals surface area contributed by atoms with Crippen LogP contribution in [0.2, 0.25) is 0 Å². The highest BCUT2D eigenvalue weighted by molar-refractivity contribution is 9.12. The van der Waals surface area contributed by atoms with Crippen molar-refractivity contribution in [3.05, 3.63) is 41.4 Å². The Morgan fingerprint density at radius 3 is 2.10 bits per heavy atom. The Bertz CT molecular complexity index is 628. The lowest BCUT2D eigenvalue weighted by Gasteiger charge is -2.16. The lowest BCUT2D eigenvalue weighted by atomic mass is 10.0. The lowest BCUT2D eigenvalue weighted by molar-refractivity contribution is 0.218. The highest BCUT2D eigenvalue weighted by Crippen LogP contribution is 2.42. The van der Waals surface area contributed by atoms with Crippen molar-refractivity contribution < 1.29 is 14.6 Å². The van der Waals surface area contributed by atoms with Crippen LogP contribution >= 0.6 is 59.1 Å². The summed E-state index contributed by atoms with van der Waals surface area (Å²) >= 11 is 11.9. The summed E-state index contributed by atoms with van der Waals surface area (Å²) in [5.41, 5.74) is 1.52. The molecule has 0 saturated heterocycles. The molecule has 0 amide bonds. The maximum absolute atomic E-state index is 10.6. The van der Waals surface area contributed by atoms with Crippen LogP contribution in [0.4, 0.5) is 0 Å². The summed E-state index contributed by atoms with van der Waals surface area (Å²) in [4.78, 5) is 0. The molecule has 1 aromatic carbocycles. The van der Waals surface area contributed by atoms with Gasteiger partial charge in [-0.25, -0.2) is 0 Å². The van der Waals surface area contributed by atoms with Gasteiger partial charge in [0.05, 0.1) is 21.8 Å². The molecule has 108 valence electrons. The first-order valence-corrected chi connectivity index (χ1v) is 8.71. The standard InChI is InChI=1S/C13H11Br3O3S/c1-18-9-3-6(8(14)5-10(9)19-2)12(17)7-4-11(15)20-13(7)16/h3-5,12,17H,1-2H3. The van der Waals surface area contributed by atoms with Crippen LogP contribution in [0.1, 0.15) is 17.2 Å². The summed E-state index contributed by atoms with van der Waals surface area (Å²) in [5.74, 6) is 1.19. The van der Waals surface area contributed by atoms with Gasteiger partial charge in [0.25, 0.3) is 0 Å². The predicted octanol–water partition coefficient (Wildman–Crippen LogP) is 5.13. The van der Waals surface area contributed by atoms with Crippen LogP contribution < -0.4 is 9.47 Å². The van der Waals surface area contributed by atoms with E-state index in [0.29, 0.717) is 17.1 Å². The molecule has 0 radical (unpaired) electrons. The first-order chi connectivity index (χ1) is 9.47. The molecule has 0 spiro atoms. The van der Waals surface area contributed by atoms with Gasteiger partial charge < -0.3 is 14.6 Å². The normalized spacial score (nSPS) is 12.3. The van der Waals surface area contributed by atoms with E-state index in [0.717, 1.165) is 17.6 Å². The molecule has 1 unspecified atom stereocenters. The maximum atomic E-state index is 10.6. The molecule has 2 aromatic rings. The van der Waals surface area contributed by atoms with Crippen LogP contribution in [0.3, 0.4) is 0 Å². The average molecular weight is 487 g/mol. The van der Waals surface area contributed by atoms with E-state index < -0.39 is 6.10 Å². The van der Waals surface area contributed by atoms with Crippen molar-refractivity contribution >= 4 is 59.1 Å². The van der Waals surface area contributed by atoms with Gasteiger partial charge in [0.15, 0.2) is 11.5 Å². The molecule has 0 aliphatic rings. The first kappa shape index (κ1) is 16.3. The van der Waals surface area contributed by atoms with E-state index in [-0.39, 0.29) is 0 Å². The third-order valence-electron chi connectivity index (χ3n) is 2.78. The topological polar surface area (TPSA) is 38.7 Å². The third-order valence-corrected chi connectivity index (χ3v) is 5.85. The van der Waals surface area contributed by atoms with Gasteiger partial charge >= 0.3 is 0 Å². The molecule has 0 saturated carbocycles. The van der Waals surface area contributed by atoms with Gasteiger partial charge in [-0.2, -0.15) is 0 Å². The largest absolute Gasteiger partial charge is 0.493 e. The number of hydrogen-bond donors (Lipinski definition) is 1. The molecule has 1 atom stereocenters. The van der Waals surface area contributed by atoms with Gasteiger partial charge in [-0.05, 0) is 50.1 Å². The maximum Gasteiger partial charge on any atom is 0.161 e. The second-order valence-electron chi connectivity index (χ2n) is 3.91. The zero-order valence-corrected chi connectivity index (χ0v) is 16.2. The number of rotatable bonds is 4. The van der Waals surface area contributed by atoms with Gasteiger partial charge in [0, 0.05) is 15.6 Å². The zero-order chi connectivity index (χ0) is 14.9. The quantitative estimate of drug-likeness (QED) is 0.650. The monoisotopic (exact) mass is 484 g/mol. The molecule has 0 fully saturated rings. The minimum Gasteiger partial charge on any atom is -0.493 e. The second kappa shape index (κ2) is 6.79. The SMILES string of the molecule is COc1cc(Br)c(C(O)c2cc(Br)sc2Br)cc1OC. The molecule has 2 rings (SSSR count). The lowest BCUT2D eigenvalue weighted by Crippen LogP contribution is -2.02. The number of hydrogen-bond acceptors (Lipinski definition) is 4. The molecule has 1 N–H and O–H groups in total. The smallest absolute Gasteiger partial charge is 0.161 e. The van der Waals surface area contributed by atoms with Crippen LogP contribution in [-0.4, -0.2) is 19.3 Å². The van der Waals surface area contributed by atoms with Crippen molar-refractivity contribution in [3.63, 3.8) is 0 Å². The highest BCUT2D eigenvalue weighted by atomic mass is 79.9. The number of thiophene rings is 1. The van der Waals surface area contributed by atoms with E-state index in [2.05, 4.69) is 47.8 Å². The Balaban J connectivity index is 2.49. The number of aliphatic hydroxyl groups excluding tert-OH is 1. The predicted molar refractivity (Wildman–Crippen MR) is 91.0 cm³/mol. The van der Waals surface area contributed by atoms with E-state index in [9.17, 15) is 5.11 Å². The minimum atomic E-state index is -0.763. The summed E-state index contributed by atoms with van der Waals surface area (Å²) in [6, 6.07) is 5.45. The van der Waals surface area contributed by atoms with Crippen molar-refractivity contribution in [2.45, 2.75) is 6.10 Å². The second-order valence-corrected chi connectivity index (χ2v) is 8.51. The summed E-state index contributed by atoms with van der Waals surface area (Å²) < 4.78 is 13.1. The third kappa shape index (κ3) is 3.22. The van der Waals surface area contributed by atoms with Crippen LogP contribution in [0.5, 0.6) is 11.5 Å². The zero-order valence-electron chi connectivity index (χ0n) is 10.6. The van der Waals surface area contributed by atoms with Gasteiger partial charge in [-0.1, -0.05) is 15.9 Å². The number of benzene rings is 1. The van der Waals surface area contributed by atoms with Crippen LogP contribution in [0.15, 0.2) is 30.2 Å². The Kier molecular flexibility index (Phi) is 5.53. The van der Waals surface area contributed by atoms with E-state index in [1.807, 2.05) is 6.07 Å². The van der Waals surface area contributed by atoms with Crippen LogP contribution in [0.25, 0.3) is 0 Å². The Hall–Kier alpha value is -0.0800. The first-order valence-electron chi connectivity index (χ1n) is 5.52. The Morgan fingerprint density at radius 1 is 1.00 bits per heavy atom. The summed E-state index contributed by atoms with van der Waals surface area (Å²) in [6.07, 6.45) is -0.763. The molecule has 20 heavy (non-hydrogen) atoms. The van der Waals surface area contributed by atoms with E-state index >= 15 is 0 Å². The van der Waals surface area contributed by atoms with Crippen molar-refractivity contribution in [3.8, 4) is 11.5 Å². The molecule has 0 bridgehead atoms. The van der Waals surface area contributed by atoms with Gasteiger partial charge in [-0.3, -0.25) is 0 Å². The summed E-state index contributed by atoms with van der Waals surface area (Å²) in [7, 11) is 3.14. The van der Waals surface area contributed by atoms with Gasteiger partial charge in [0.1, 0.15) is 6.10 Å². The molecular weight excluding hydrogens is 476 g/mol. The van der Waals surface area contributed by atoms with E-state index in [1.165, 1.54) is 11.3 Å². The Labute approximate surface area is 146 Å². The fourth-order valence-corrected chi connectivity index (χ4v) is 5.21. The number of methoxy groups -OCH3 is 2. The van der Waals surface area contributed by atoms with Crippen molar-refractivity contribution in [1.29, 1.82) is 0 Å². The van der Waals surface area contributed by atoms with E-state index in [1.54, 1.807) is 26.4 Å².